The van der Waals surface area contributed by atoms with Crippen molar-refractivity contribution in [1.82, 2.24) is 14.7 Å². The third-order valence-electron chi connectivity index (χ3n) is 15.3. The molecule has 0 saturated heterocycles. The summed E-state index contributed by atoms with van der Waals surface area (Å²) in [6, 6.07) is 11.8. The number of hydrogen-bond acceptors (Lipinski definition) is 36. The van der Waals surface area contributed by atoms with E-state index in [2.05, 4.69) is 0 Å². The van der Waals surface area contributed by atoms with Crippen molar-refractivity contribution in [3.63, 3.8) is 0 Å². The van der Waals surface area contributed by atoms with E-state index in [-0.39, 0.29) is 198 Å². The highest BCUT2D eigenvalue weighted by Crippen LogP contribution is 2.41. The maximum absolute atomic E-state index is 14.0. The summed E-state index contributed by atoms with van der Waals surface area (Å²) >= 11 is 0. The van der Waals surface area contributed by atoms with Crippen molar-refractivity contribution in [2.24, 2.45) is 0 Å². The smallest absolute Gasteiger partial charge is 0.320 e. The minimum Gasteiger partial charge on any atom is -0.489 e. The number of carboxylic acid groups (broad SMARTS) is 3. The zero-order chi connectivity index (χ0) is 84.0. The second kappa shape index (κ2) is 71.0. The van der Waals surface area contributed by atoms with Gasteiger partial charge in [0, 0.05) is 81.4 Å². The van der Waals surface area contributed by atoms with Crippen molar-refractivity contribution in [3.8, 4) is 46.0 Å². The van der Waals surface area contributed by atoms with Crippen LogP contribution in [0, 0.1) is 0 Å². The highest BCUT2D eigenvalue weighted by Gasteiger charge is 2.23. The van der Waals surface area contributed by atoms with Gasteiger partial charge < -0.3 is 153 Å². The van der Waals surface area contributed by atoms with Crippen LogP contribution in [0.25, 0.3) is 0 Å². The molecule has 0 heterocycles. The molecule has 0 aliphatic carbocycles. The van der Waals surface area contributed by atoms with Crippen LogP contribution < -0.4 is 37.9 Å². The van der Waals surface area contributed by atoms with E-state index in [9.17, 15) is 44.7 Å². The predicted octanol–water partition coefficient (Wildman–Crippen LogP) is 1.71. The van der Waals surface area contributed by atoms with Gasteiger partial charge in [0.2, 0.25) is 11.5 Å². The number of esters is 1. The van der Waals surface area contributed by atoms with Gasteiger partial charge in [-0.25, -0.2) is 0 Å². The van der Waals surface area contributed by atoms with Gasteiger partial charge in [-0.2, -0.15) is 0 Å². The van der Waals surface area contributed by atoms with Crippen LogP contribution in [0.1, 0.15) is 16.7 Å². The second-order valence-electron chi connectivity index (χ2n) is 24.7. The van der Waals surface area contributed by atoms with E-state index >= 15 is 0 Å². The Bertz CT molecular complexity index is 2700. The molecule has 39 heteroatoms. The van der Waals surface area contributed by atoms with Crippen molar-refractivity contribution >= 4 is 23.9 Å². The van der Waals surface area contributed by atoms with Gasteiger partial charge in [-0.15, -0.1) is 0 Å². The zero-order valence-corrected chi connectivity index (χ0v) is 68.3. The standard InChI is InChI=1S/C77H127N3O36/c1-90-11-17-96-23-29-102-35-41-108-67-49-63(50-68(109-42-36-103-30-24-97-18-12-91-2)76(67)112-45-39-106-33-27-100-21-15-94-5)59-114-65-47-62(61-116-75(89)58-80(57-74(87)88)10-8-78(54-71(81)82)7-9-79(55-72(83)84)56-73(85)86)48-66(53-65)115-60-64-51-69(110-43-37-104-31-25-98-19-13-92-3)77(113-46-40-107-34-28-101-22-16-95-6)70(52-64)111-44-38-105-32-26-99-20-14-93-4/h47-53,74,87-88H,7-46,54-61H2,1-6H3,(H,81,82)(H,83,84)(H,85,86). The number of hydrogen-bond donors (Lipinski definition) is 5. The summed E-state index contributed by atoms with van der Waals surface area (Å²) in [5.41, 5.74) is 1.45. The van der Waals surface area contributed by atoms with Crippen molar-refractivity contribution in [2.75, 3.05) is 339 Å². The second-order valence-corrected chi connectivity index (χ2v) is 24.7. The molecule has 0 bridgehead atoms. The molecular weight excluding hydrogens is 1540 g/mol. The monoisotopic (exact) mass is 1670 g/mol. The molecule has 0 spiro atoms. The first-order valence-corrected chi connectivity index (χ1v) is 38.3. The third kappa shape index (κ3) is 54.9. The van der Waals surface area contributed by atoms with Crippen LogP contribution in [0.2, 0.25) is 0 Å². The van der Waals surface area contributed by atoms with Gasteiger partial charge in [-0.05, 0) is 53.1 Å². The number of methoxy groups -OCH3 is 6. The summed E-state index contributed by atoms with van der Waals surface area (Å²) in [6.45, 7) is 6.43. The maximum atomic E-state index is 14.0. The summed E-state index contributed by atoms with van der Waals surface area (Å²) in [7, 11) is 9.53. The normalized spacial score (nSPS) is 11.5. The summed E-state index contributed by atoms with van der Waals surface area (Å²) in [6.07, 6.45) is -1.95. The summed E-state index contributed by atoms with van der Waals surface area (Å²) in [5, 5.41) is 48.9. The molecule has 3 aromatic carbocycles. The Morgan fingerprint density at radius 3 is 0.793 bits per heavy atom. The van der Waals surface area contributed by atoms with E-state index in [1.165, 1.54) is 9.80 Å². The molecule has 39 nitrogen and oxygen atoms in total. The van der Waals surface area contributed by atoms with E-state index in [1.807, 2.05) is 0 Å². The number of carbonyl (C=O) groups is 4. The lowest BCUT2D eigenvalue weighted by atomic mass is 10.1. The number of benzene rings is 3. The number of carbonyl (C=O) groups excluding carboxylic acids is 1. The van der Waals surface area contributed by atoms with Gasteiger partial charge >= 0.3 is 23.9 Å². The Labute approximate surface area is 679 Å². The molecule has 666 valence electrons. The van der Waals surface area contributed by atoms with Gasteiger partial charge in [0.25, 0.3) is 0 Å². The number of ether oxygens (including phenoxy) is 27. The van der Waals surface area contributed by atoms with E-state index < -0.39 is 62.9 Å². The molecule has 3 rings (SSSR count). The fraction of sp³-hybridized carbons (Fsp3) is 0.714. The molecule has 0 unspecified atom stereocenters. The van der Waals surface area contributed by atoms with Crippen molar-refractivity contribution in [2.45, 2.75) is 26.1 Å². The van der Waals surface area contributed by atoms with E-state index in [1.54, 1.807) is 85.1 Å². The molecular formula is C77H127N3O36. The minimum atomic E-state index is -1.95. The van der Waals surface area contributed by atoms with Gasteiger partial charge in [0.1, 0.15) is 71.0 Å². The number of rotatable bonds is 84. The van der Waals surface area contributed by atoms with E-state index in [0.717, 1.165) is 4.90 Å². The van der Waals surface area contributed by atoms with Crippen LogP contribution in [0.4, 0.5) is 0 Å². The molecule has 0 fully saturated rings. The molecule has 5 N–H and O–H groups in total. The fourth-order valence-corrected chi connectivity index (χ4v) is 9.87. The Balaban J connectivity index is 2.18. The number of aliphatic hydroxyl groups excluding tert-OH is 1. The van der Waals surface area contributed by atoms with Crippen molar-refractivity contribution in [1.29, 1.82) is 0 Å². The van der Waals surface area contributed by atoms with Gasteiger partial charge in [-0.1, -0.05) is 0 Å². The summed E-state index contributed by atoms with van der Waals surface area (Å²) in [4.78, 5) is 52.8. The maximum Gasteiger partial charge on any atom is 0.320 e. The molecule has 3 aromatic rings. The Morgan fingerprint density at radius 2 is 0.517 bits per heavy atom. The van der Waals surface area contributed by atoms with Gasteiger partial charge in [0.15, 0.2) is 29.3 Å². The minimum absolute atomic E-state index is 0.0763. The van der Waals surface area contributed by atoms with Crippen molar-refractivity contribution in [3.05, 3.63) is 59.2 Å². The first kappa shape index (κ1) is 103. The molecule has 0 aliphatic rings. The Hall–Kier alpha value is -6.98. The van der Waals surface area contributed by atoms with Gasteiger partial charge in [0.05, 0.1) is 224 Å². The van der Waals surface area contributed by atoms with Crippen LogP contribution in [0.5, 0.6) is 46.0 Å². The van der Waals surface area contributed by atoms with Crippen molar-refractivity contribution < 1.29 is 173 Å². The molecule has 0 aromatic heterocycles. The number of nitrogens with zero attached hydrogens (tertiary/aromatic N) is 3. The highest BCUT2D eigenvalue weighted by molar-refractivity contribution is 5.73. The Kier molecular flexibility index (Phi) is 63.2. The molecule has 0 saturated carbocycles. The van der Waals surface area contributed by atoms with Crippen LogP contribution >= 0.6 is 0 Å². The summed E-state index contributed by atoms with van der Waals surface area (Å²) in [5.74, 6) is -2.57. The molecule has 0 amide bonds. The lowest BCUT2D eigenvalue weighted by Crippen LogP contribution is -2.46. The molecule has 116 heavy (non-hydrogen) atoms. The van der Waals surface area contributed by atoms with E-state index in [0.29, 0.717) is 149 Å². The topological polar surface area (TPSA) is 428 Å². The number of aliphatic carboxylic acids is 3. The lowest BCUT2D eigenvalue weighted by molar-refractivity contribution is -0.148. The van der Waals surface area contributed by atoms with Gasteiger partial charge in [-0.3, -0.25) is 33.9 Å². The first-order chi connectivity index (χ1) is 56.6. The number of aliphatic hydroxyl groups is 2. The zero-order valence-electron chi connectivity index (χ0n) is 68.3. The SMILES string of the molecule is COCCOCCOCCOc1cc(COc2cc(COC(=O)CN(CCN(CCN(CC(=O)O)CC(=O)O)CC(=O)O)CC(O)O)cc(OCc3cc(OCCOCCOCCOC)c(OCCOCCOCCOC)c(OCCOCCOCCOC)c3)c2)cc(OCCOCCOCCOC)c1OCCOCCOCCOC. The molecule has 0 aliphatic heterocycles. The largest absolute Gasteiger partial charge is 0.489 e. The quantitative estimate of drug-likeness (QED) is 0.0305. The molecule has 0 atom stereocenters. The first-order valence-electron chi connectivity index (χ1n) is 38.3. The fourth-order valence-electron chi connectivity index (χ4n) is 9.87. The van der Waals surface area contributed by atoms with E-state index in [4.69, 9.17) is 128 Å². The highest BCUT2D eigenvalue weighted by atomic mass is 16.6. The third-order valence-corrected chi connectivity index (χ3v) is 15.3. The Morgan fingerprint density at radius 1 is 0.276 bits per heavy atom. The van der Waals surface area contributed by atoms with Crippen LogP contribution in [-0.4, -0.2) is 410 Å². The number of carboxylic acids is 3. The average molecular weight is 1670 g/mol. The average Bonchev–Trinajstić information content (AvgIpc) is 0.821. The van der Waals surface area contributed by atoms with Crippen LogP contribution in [-0.2, 0) is 129 Å². The van der Waals surface area contributed by atoms with Crippen LogP contribution in [0.3, 0.4) is 0 Å². The molecule has 0 radical (unpaired) electrons. The lowest BCUT2D eigenvalue weighted by Gasteiger charge is -2.28. The van der Waals surface area contributed by atoms with Crippen LogP contribution in [0.15, 0.2) is 42.5 Å². The summed E-state index contributed by atoms with van der Waals surface area (Å²) < 4.78 is 156. The predicted molar refractivity (Wildman–Crippen MR) is 412 cm³/mol.